The second kappa shape index (κ2) is 7.52. The van der Waals surface area contributed by atoms with E-state index < -0.39 is 11.2 Å². The fraction of sp³-hybridized carbons (Fsp3) is 0.852. The Bertz CT molecular complexity index is 687. The van der Waals surface area contributed by atoms with Crippen molar-refractivity contribution < 1.29 is 10.2 Å². The average molecular weight is 401 g/mol. The molecule has 0 spiro atoms. The first-order chi connectivity index (χ1) is 13.6. The molecule has 2 heteroatoms. The molecule has 0 amide bonds. The summed E-state index contributed by atoms with van der Waals surface area (Å²) in [6.45, 7) is 11.9. The molecule has 0 aromatic carbocycles. The van der Waals surface area contributed by atoms with Crippen molar-refractivity contribution in [1.82, 2.24) is 0 Å². The Balaban J connectivity index is 1.57. The fourth-order valence-corrected chi connectivity index (χ4v) is 8.13. The van der Waals surface area contributed by atoms with Crippen molar-refractivity contribution in [1.29, 1.82) is 0 Å². The van der Waals surface area contributed by atoms with Crippen LogP contribution in [0.4, 0.5) is 0 Å². The van der Waals surface area contributed by atoms with Gasteiger partial charge in [-0.3, -0.25) is 0 Å². The number of fused-ring (bicyclic) bond motifs is 5. The van der Waals surface area contributed by atoms with Crippen LogP contribution < -0.4 is 0 Å². The van der Waals surface area contributed by atoms with E-state index >= 15 is 0 Å². The van der Waals surface area contributed by atoms with E-state index in [2.05, 4.69) is 46.8 Å². The molecule has 3 saturated carbocycles. The number of aliphatic hydroxyl groups is 2. The van der Waals surface area contributed by atoms with Gasteiger partial charge in [-0.25, -0.2) is 0 Å². The van der Waals surface area contributed by atoms with Crippen LogP contribution in [-0.4, -0.2) is 16.0 Å². The molecule has 0 heterocycles. The molecule has 6 atom stereocenters. The molecule has 164 valence electrons. The fourth-order valence-electron chi connectivity index (χ4n) is 8.13. The maximum Gasteiger partial charge on any atom is 0.172 e. The summed E-state index contributed by atoms with van der Waals surface area (Å²) in [6.07, 6.45) is 16.2. The first-order valence-corrected chi connectivity index (χ1v) is 12.5. The van der Waals surface area contributed by atoms with E-state index in [0.717, 1.165) is 37.0 Å². The molecule has 0 radical (unpaired) electrons. The lowest BCUT2D eigenvalue weighted by molar-refractivity contribution is -0.254. The van der Waals surface area contributed by atoms with Gasteiger partial charge in [-0.15, -0.1) is 0 Å². The van der Waals surface area contributed by atoms with Crippen LogP contribution >= 0.6 is 0 Å². The summed E-state index contributed by atoms with van der Waals surface area (Å²) in [5, 5.41) is 22.1. The third-order valence-electron chi connectivity index (χ3n) is 9.96. The van der Waals surface area contributed by atoms with Crippen LogP contribution in [0.3, 0.4) is 0 Å². The lowest BCUT2D eigenvalue weighted by Crippen LogP contribution is -2.57. The molecule has 0 bridgehead atoms. The van der Waals surface area contributed by atoms with Crippen LogP contribution in [-0.2, 0) is 0 Å². The lowest BCUT2D eigenvalue weighted by atomic mass is 9.48. The van der Waals surface area contributed by atoms with Crippen molar-refractivity contribution in [3.63, 3.8) is 0 Å². The van der Waals surface area contributed by atoms with Gasteiger partial charge in [0, 0.05) is 11.8 Å². The van der Waals surface area contributed by atoms with Crippen LogP contribution in [0.5, 0.6) is 0 Å². The minimum atomic E-state index is -1.56. The minimum absolute atomic E-state index is 0.311. The topological polar surface area (TPSA) is 40.5 Å². The van der Waals surface area contributed by atoms with E-state index in [1.54, 1.807) is 5.57 Å². The van der Waals surface area contributed by atoms with E-state index in [0.29, 0.717) is 23.7 Å². The quantitative estimate of drug-likeness (QED) is 0.509. The largest absolute Gasteiger partial charge is 0.365 e. The first-order valence-electron chi connectivity index (χ1n) is 12.5. The number of allylic oxidation sites excluding steroid dienone is 3. The van der Waals surface area contributed by atoms with Crippen molar-refractivity contribution in [2.24, 2.45) is 40.4 Å². The minimum Gasteiger partial charge on any atom is -0.365 e. The molecule has 4 rings (SSSR count). The molecule has 0 aromatic heterocycles. The molecule has 29 heavy (non-hydrogen) atoms. The molecule has 0 unspecified atom stereocenters. The van der Waals surface area contributed by atoms with Crippen molar-refractivity contribution >= 4 is 0 Å². The summed E-state index contributed by atoms with van der Waals surface area (Å²) in [6, 6.07) is 0. The van der Waals surface area contributed by atoms with Crippen LogP contribution in [0.15, 0.2) is 23.3 Å². The maximum atomic E-state index is 11.0. The predicted octanol–water partition coefficient (Wildman–Crippen LogP) is 6.63. The highest BCUT2D eigenvalue weighted by atomic mass is 16.5. The summed E-state index contributed by atoms with van der Waals surface area (Å²) < 4.78 is 0. The molecular weight excluding hydrogens is 356 g/mol. The zero-order chi connectivity index (χ0) is 21.0. The Hall–Kier alpha value is -0.600. The van der Waals surface area contributed by atoms with Gasteiger partial charge in [-0.2, -0.15) is 0 Å². The molecule has 0 aliphatic heterocycles. The number of hydrogen-bond donors (Lipinski definition) is 2. The maximum absolute atomic E-state index is 11.0. The van der Waals surface area contributed by atoms with Crippen LogP contribution in [0.2, 0.25) is 0 Å². The van der Waals surface area contributed by atoms with Gasteiger partial charge in [-0.1, -0.05) is 77.2 Å². The number of hydrogen-bond acceptors (Lipinski definition) is 2. The van der Waals surface area contributed by atoms with E-state index in [1.807, 2.05) is 0 Å². The summed E-state index contributed by atoms with van der Waals surface area (Å²) in [5.74, 6) is 1.81. The molecule has 4 aliphatic rings. The molecule has 2 nitrogen and oxygen atoms in total. The van der Waals surface area contributed by atoms with E-state index in [4.69, 9.17) is 0 Å². The van der Waals surface area contributed by atoms with Gasteiger partial charge in [0.2, 0.25) is 0 Å². The van der Waals surface area contributed by atoms with E-state index in [-0.39, 0.29) is 0 Å². The molecule has 3 fully saturated rings. The monoisotopic (exact) mass is 400 g/mol. The Labute approximate surface area is 178 Å². The van der Waals surface area contributed by atoms with Gasteiger partial charge in [0.1, 0.15) is 0 Å². The van der Waals surface area contributed by atoms with E-state index in [1.165, 1.54) is 44.1 Å². The standard InChI is InChI=1S/C27H44O2/c1-18(2)8-6-9-19(3)22-13-14-23-21-12-11-20-10-7-16-27(28,29)26(20,5)24(21)15-17-25(22,23)4/h11-12,18-19,22-24,28-29H,6-10,13-17H2,1-5H3/t19-,22-,23+,24+,25-,26+/m1/s1. The SMILES string of the molecule is CC(C)CCC[C@@H](C)[C@H]1CC[C@H]2C3=CC=C4CCCC(O)(O)[C@]4(C)[C@H]3CC[C@]12C. The third-order valence-corrected chi connectivity index (χ3v) is 9.96. The second-order valence-corrected chi connectivity index (χ2v) is 11.9. The highest BCUT2D eigenvalue weighted by Gasteiger charge is 2.61. The molecule has 0 saturated heterocycles. The molecule has 4 aliphatic carbocycles. The Kier molecular flexibility index (Phi) is 5.61. The normalized spacial score (nSPS) is 41.9. The predicted molar refractivity (Wildman–Crippen MR) is 120 cm³/mol. The lowest BCUT2D eigenvalue weighted by Gasteiger charge is -2.58. The molecular formula is C27H44O2. The third kappa shape index (κ3) is 3.28. The van der Waals surface area contributed by atoms with Crippen LogP contribution in [0.1, 0.15) is 98.8 Å². The first kappa shape index (κ1) is 21.6. The summed E-state index contributed by atoms with van der Waals surface area (Å²) in [7, 11) is 0. The van der Waals surface area contributed by atoms with Gasteiger partial charge >= 0.3 is 0 Å². The van der Waals surface area contributed by atoms with Gasteiger partial charge < -0.3 is 10.2 Å². The summed E-state index contributed by atoms with van der Waals surface area (Å²) in [4.78, 5) is 0. The zero-order valence-electron chi connectivity index (χ0n) is 19.5. The summed E-state index contributed by atoms with van der Waals surface area (Å²) in [5.41, 5.74) is 2.74. The Morgan fingerprint density at radius 2 is 1.72 bits per heavy atom. The number of rotatable bonds is 5. The highest BCUT2D eigenvalue weighted by molar-refractivity contribution is 5.40. The van der Waals surface area contributed by atoms with Gasteiger partial charge in [0.15, 0.2) is 5.79 Å². The Morgan fingerprint density at radius 1 is 0.966 bits per heavy atom. The zero-order valence-corrected chi connectivity index (χ0v) is 19.5. The van der Waals surface area contributed by atoms with Gasteiger partial charge in [0.25, 0.3) is 0 Å². The molecule has 0 aromatic rings. The van der Waals surface area contributed by atoms with E-state index in [9.17, 15) is 10.2 Å². The van der Waals surface area contributed by atoms with Crippen LogP contribution in [0.25, 0.3) is 0 Å². The highest BCUT2D eigenvalue weighted by Crippen LogP contribution is 2.67. The van der Waals surface area contributed by atoms with Gasteiger partial charge in [-0.05, 0) is 73.5 Å². The smallest absolute Gasteiger partial charge is 0.172 e. The average Bonchev–Trinajstić information content (AvgIpc) is 2.99. The summed E-state index contributed by atoms with van der Waals surface area (Å²) >= 11 is 0. The Morgan fingerprint density at radius 3 is 2.45 bits per heavy atom. The molecule has 2 N–H and O–H groups in total. The van der Waals surface area contributed by atoms with Crippen molar-refractivity contribution in [2.75, 3.05) is 0 Å². The second-order valence-electron chi connectivity index (χ2n) is 11.9. The van der Waals surface area contributed by atoms with Crippen molar-refractivity contribution in [3.8, 4) is 0 Å². The van der Waals surface area contributed by atoms with Gasteiger partial charge in [0.05, 0.1) is 0 Å². The van der Waals surface area contributed by atoms with Crippen molar-refractivity contribution in [3.05, 3.63) is 23.3 Å². The van der Waals surface area contributed by atoms with Crippen LogP contribution in [0, 0.1) is 40.4 Å². The van der Waals surface area contributed by atoms with Crippen molar-refractivity contribution in [2.45, 2.75) is 105 Å².